The van der Waals surface area contributed by atoms with Crippen LogP contribution in [0, 0.1) is 18.7 Å². The average Bonchev–Trinajstić information content (AvgIpc) is 3.37. The maximum absolute atomic E-state index is 13.9. The molecule has 8 nitrogen and oxygen atoms in total. The van der Waals surface area contributed by atoms with Crippen LogP contribution < -0.4 is 16.1 Å². The summed E-state index contributed by atoms with van der Waals surface area (Å²) in [4.78, 5) is 16.9. The van der Waals surface area contributed by atoms with Gasteiger partial charge in [0.15, 0.2) is 0 Å². The van der Waals surface area contributed by atoms with Gasteiger partial charge < -0.3 is 15.2 Å². The third-order valence-corrected chi connectivity index (χ3v) is 5.93. The number of amides is 1. The molecule has 3 N–H and O–H groups in total. The van der Waals surface area contributed by atoms with E-state index in [0.29, 0.717) is 35.3 Å². The van der Waals surface area contributed by atoms with E-state index in [-0.39, 0.29) is 23.8 Å². The number of benzene rings is 1. The van der Waals surface area contributed by atoms with Crippen LogP contribution in [0.15, 0.2) is 34.5 Å². The number of carbonyl (C=O) groups excluding carboxylic acids is 1. The summed E-state index contributed by atoms with van der Waals surface area (Å²) in [6.07, 6.45) is 3.40. The Bertz CT molecular complexity index is 968. The monoisotopic (exact) mass is 398 g/mol. The summed E-state index contributed by atoms with van der Waals surface area (Å²) in [5.74, 6) is 0.500. The molecule has 0 radical (unpaired) electrons. The van der Waals surface area contributed by atoms with Gasteiger partial charge >= 0.3 is 0 Å². The van der Waals surface area contributed by atoms with Gasteiger partial charge in [0.1, 0.15) is 12.0 Å². The number of fused-ring (bicyclic) bond motifs is 1. The van der Waals surface area contributed by atoms with Crippen molar-refractivity contribution in [3.63, 3.8) is 0 Å². The van der Waals surface area contributed by atoms with Gasteiger partial charge in [-0.3, -0.25) is 9.80 Å². The average molecular weight is 398 g/mol. The van der Waals surface area contributed by atoms with E-state index in [2.05, 4.69) is 26.2 Å². The van der Waals surface area contributed by atoms with Crippen molar-refractivity contribution in [2.75, 3.05) is 19.6 Å². The fourth-order valence-electron chi connectivity index (χ4n) is 4.28. The predicted molar refractivity (Wildman–Crippen MR) is 103 cm³/mol. The number of piperidine rings is 1. The minimum absolute atomic E-state index is 0.103. The third-order valence-electron chi connectivity index (χ3n) is 5.93. The summed E-state index contributed by atoms with van der Waals surface area (Å²) >= 11 is 0. The lowest BCUT2D eigenvalue weighted by molar-refractivity contribution is -0.119. The predicted octanol–water partition coefficient (Wildman–Crippen LogP) is 1.43. The molecule has 29 heavy (non-hydrogen) atoms. The SMILES string of the molecule is Cc1ccc(-c2noc(C3CNN4C(C5CCNCC5)=CC(=O)NC34)n2)cc1F. The molecule has 1 aromatic carbocycles. The number of hydrogen-bond acceptors (Lipinski definition) is 7. The molecule has 5 rings (SSSR count). The quantitative estimate of drug-likeness (QED) is 0.720. The van der Waals surface area contributed by atoms with Crippen LogP contribution in [0.2, 0.25) is 0 Å². The van der Waals surface area contributed by atoms with Crippen molar-refractivity contribution in [2.45, 2.75) is 31.8 Å². The summed E-state index contributed by atoms with van der Waals surface area (Å²) in [5, 5.41) is 12.4. The highest BCUT2D eigenvalue weighted by Crippen LogP contribution is 2.35. The molecule has 2 fully saturated rings. The molecule has 2 saturated heterocycles. The van der Waals surface area contributed by atoms with Gasteiger partial charge in [0.2, 0.25) is 17.6 Å². The molecular weight excluding hydrogens is 375 g/mol. The van der Waals surface area contributed by atoms with Crippen molar-refractivity contribution < 1.29 is 13.7 Å². The number of carbonyl (C=O) groups is 1. The first kappa shape index (κ1) is 18.3. The van der Waals surface area contributed by atoms with E-state index >= 15 is 0 Å². The lowest BCUT2D eigenvalue weighted by Crippen LogP contribution is -2.53. The number of aromatic nitrogens is 2. The van der Waals surface area contributed by atoms with E-state index in [1.165, 1.54) is 6.07 Å². The second-order valence-electron chi connectivity index (χ2n) is 7.81. The third kappa shape index (κ3) is 3.30. The molecule has 9 heteroatoms. The van der Waals surface area contributed by atoms with Gasteiger partial charge in [-0.15, -0.1) is 0 Å². The second kappa shape index (κ2) is 7.23. The number of nitrogens with one attached hydrogen (secondary N) is 3. The highest BCUT2D eigenvalue weighted by Gasteiger charge is 2.44. The van der Waals surface area contributed by atoms with Crippen molar-refractivity contribution >= 4 is 5.91 Å². The van der Waals surface area contributed by atoms with Crippen LogP contribution in [0.1, 0.15) is 30.2 Å². The van der Waals surface area contributed by atoms with Gasteiger partial charge in [0.05, 0.1) is 5.92 Å². The van der Waals surface area contributed by atoms with Crippen LogP contribution in [0.25, 0.3) is 11.4 Å². The molecule has 0 bridgehead atoms. The minimum atomic E-state index is -0.307. The van der Waals surface area contributed by atoms with Gasteiger partial charge in [-0.05, 0) is 44.5 Å². The molecule has 152 valence electrons. The van der Waals surface area contributed by atoms with Crippen LogP contribution >= 0.6 is 0 Å². The van der Waals surface area contributed by atoms with E-state index in [9.17, 15) is 9.18 Å². The number of rotatable bonds is 3. The molecule has 0 saturated carbocycles. The highest BCUT2D eigenvalue weighted by molar-refractivity contribution is 5.89. The number of hydrazine groups is 1. The standard InChI is InChI=1S/C20H23FN6O2/c1-11-2-3-13(8-15(11)21)18-25-20(29-26-18)14-10-23-27-16(9-17(28)24-19(14)27)12-4-6-22-7-5-12/h2-3,8-9,12,14,19,22-23H,4-7,10H2,1H3,(H,24,28). The molecule has 0 aliphatic carbocycles. The van der Waals surface area contributed by atoms with Gasteiger partial charge in [-0.2, -0.15) is 4.98 Å². The zero-order chi connectivity index (χ0) is 20.0. The van der Waals surface area contributed by atoms with E-state index < -0.39 is 0 Å². The van der Waals surface area contributed by atoms with Crippen molar-refractivity contribution in [3.8, 4) is 11.4 Å². The topological polar surface area (TPSA) is 95.3 Å². The molecule has 1 aromatic heterocycles. The minimum Gasteiger partial charge on any atom is -0.338 e. The number of aryl methyl sites for hydroxylation is 1. The van der Waals surface area contributed by atoms with Crippen LogP contribution in [-0.2, 0) is 4.79 Å². The van der Waals surface area contributed by atoms with Crippen molar-refractivity contribution in [1.29, 1.82) is 0 Å². The van der Waals surface area contributed by atoms with Crippen molar-refractivity contribution in [1.82, 2.24) is 31.2 Å². The Morgan fingerprint density at radius 3 is 2.90 bits per heavy atom. The Kier molecular flexibility index (Phi) is 4.56. The molecule has 1 amide bonds. The molecule has 3 aliphatic rings. The maximum Gasteiger partial charge on any atom is 0.247 e. The van der Waals surface area contributed by atoms with Crippen LogP contribution in [0.5, 0.6) is 0 Å². The zero-order valence-corrected chi connectivity index (χ0v) is 16.1. The highest BCUT2D eigenvalue weighted by atomic mass is 19.1. The lowest BCUT2D eigenvalue weighted by atomic mass is 9.92. The maximum atomic E-state index is 13.9. The lowest BCUT2D eigenvalue weighted by Gasteiger charge is -2.38. The fourth-order valence-corrected chi connectivity index (χ4v) is 4.28. The first-order chi connectivity index (χ1) is 14.1. The summed E-state index contributed by atoms with van der Waals surface area (Å²) < 4.78 is 19.4. The number of allylic oxidation sites excluding steroid dienone is 1. The van der Waals surface area contributed by atoms with Crippen LogP contribution in [0.4, 0.5) is 4.39 Å². The van der Waals surface area contributed by atoms with Crippen LogP contribution in [-0.4, -0.2) is 46.9 Å². The molecule has 2 aromatic rings. The van der Waals surface area contributed by atoms with E-state index in [1.807, 2.05) is 5.01 Å². The molecule has 2 unspecified atom stereocenters. The summed E-state index contributed by atoms with van der Waals surface area (Å²) in [6.45, 7) is 4.17. The van der Waals surface area contributed by atoms with Crippen molar-refractivity contribution in [2.24, 2.45) is 5.92 Å². The largest absolute Gasteiger partial charge is 0.338 e. The van der Waals surface area contributed by atoms with Gasteiger partial charge in [-0.1, -0.05) is 17.3 Å². The normalized spacial score (nSPS) is 25.0. The first-order valence-electron chi connectivity index (χ1n) is 9.96. The Hall–Kier alpha value is -2.78. The Morgan fingerprint density at radius 2 is 2.10 bits per heavy atom. The molecule has 2 atom stereocenters. The molecular formula is C20H23FN6O2. The molecule has 0 spiro atoms. The van der Waals surface area contributed by atoms with E-state index in [0.717, 1.165) is 31.6 Å². The fraction of sp³-hybridized carbons (Fsp3) is 0.450. The summed E-state index contributed by atoms with van der Waals surface area (Å²) in [6, 6.07) is 4.87. The summed E-state index contributed by atoms with van der Waals surface area (Å²) in [7, 11) is 0. The Balaban J connectivity index is 1.39. The van der Waals surface area contributed by atoms with Gasteiger partial charge in [0, 0.05) is 29.8 Å². The zero-order valence-electron chi connectivity index (χ0n) is 16.1. The number of hydrogen-bond donors (Lipinski definition) is 3. The number of nitrogens with zero attached hydrogens (tertiary/aromatic N) is 3. The van der Waals surface area contributed by atoms with E-state index in [1.54, 1.807) is 25.1 Å². The molecule has 4 heterocycles. The van der Waals surface area contributed by atoms with E-state index in [4.69, 9.17) is 4.52 Å². The second-order valence-corrected chi connectivity index (χ2v) is 7.81. The Morgan fingerprint density at radius 1 is 1.28 bits per heavy atom. The van der Waals surface area contributed by atoms with Crippen LogP contribution in [0.3, 0.4) is 0 Å². The van der Waals surface area contributed by atoms with Gasteiger partial charge in [0.25, 0.3) is 0 Å². The first-order valence-corrected chi connectivity index (χ1v) is 9.96. The summed E-state index contributed by atoms with van der Waals surface area (Å²) in [5.41, 5.74) is 5.53. The Labute approximate surface area is 167 Å². The molecule has 3 aliphatic heterocycles. The smallest absolute Gasteiger partial charge is 0.247 e. The number of halogens is 1. The van der Waals surface area contributed by atoms with Gasteiger partial charge in [-0.25, -0.2) is 9.82 Å². The van der Waals surface area contributed by atoms with Crippen molar-refractivity contribution in [3.05, 3.63) is 47.2 Å².